The van der Waals surface area contributed by atoms with E-state index in [2.05, 4.69) is 9.80 Å². The van der Waals surface area contributed by atoms with Crippen molar-refractivity contribution in [3.8, 4) is 0 Å². The van der Waals surface area contributed by atoms with Gasteiger partial charge in [-0.25, -0.2) is 4.79 Å². The molecule has 0 aliphatic carbocycles. The quantitative estimate of drug-likeness (QED) is 0.646. The molecule has 1 amide bonds. The van der Waals surface area contributed by atoms with Crippen LogP contribution < -0.4 is 4.90 Å². The number of anilines is 1. The van der Waals surface area contributed by atoms with Gasteiger partial charge in [-0.15, -0.1) is 0 Å². The minimum absolute atomic E-state index is 0.166. The van der Waals surface area contributed by atoms with Crippen molar-refractivity contribution in [2.45, 2.75) is 44.8 Å². The number of carbonyl (C=O) groups excluding carboxylic acids is 1. The van der Waals surface area contributed by atoms with Crippen LogP contribution >= 0.6 is 23.2 Å². The number of piperazine rings is 1. The number of carboxylic acid groups (broad SMARTS) is 1. The van der Waals surface area contributed by atoms with Crippen molar-refractivity contribution in [2.24, 2.45) is 0 Å². The Bertz CT molecular complexity index is 789. The number of hydrogen-bond acceptors (Lipinski definition) is 4. The molecule has 0 saturated carbocycles. The van der Waals surface area contributed by atoms with Gasteiger partial charge in [0, 0.05) is 25.3 Å². The first kappa shape index (κ1) is 26.5. The summed E-state index contributed by atoms with van der Waals surface area (Å²) < 4.78 is 31.7. The van der Waals surface area contributed by atoms with Gasteiger partial charge in [-0.1, -0.05) is 29.6 Å². The lowest BCUT2D eigenvalue weighted by atomic mass is 10.1. The van der Waals surface area contributed by atoms with E-state index in [-0.39, 0.29) is 11.9 Å². The first-order chi connectivity index (χ1) is 15.0. The molecule has 2 fully saturated rings. The van der Waals surface area contributed by atoms with E-state index in [9.17, 15) is 18.0 Å². The maximum atomic E-state index is 12.8. The van der Waals surface area contributed by atoms with Crippen LogP contribution in [0, 0.1) is 0 Å². The number of alkyl halides is 3. The summed E-state index contributed by atoms with van der Waals surface area (Å²) in [5, 5.41) is 8.20. The zero-order chi connectivity index (χ0) is 23.9. The highest BCUT2D eigenvalue weighted by molar-refractivity contribution is 6.42. The van der Waals surface area contributed by atoms with Gasteiger partial charge in [-0.3, -0.25) is 4.79 Å². The van der Waals surface area contributed by atoms with Gasteiger partial charge in [0.1, 0.15) is 6.04 Å². The highest BCUT2D eigenvalue weighted by Crippen LogP contribution is 2.29. The molecule has 11 heteroatoms. The fraction of sp³-hybridized carbons (Fsp3) is 0.619. The predicted octanol–water partition coefficient (Wildman–Crippen LogP) is 4.54. The molecule has 32 heavy (non-hydrogen) atoms. The number of benzene rings is 1. The van der Waals surface area contributed by atoms with Crippen molar-refractivity contribution in [3.63, 3.8) is 0 Å². The molecular weight excluding hydrogens is 470 g/mol. The molecule has 0 aromatic heterocycles. The fourth-order valence-corrected chi connectivity index (χ4v) is 4.13. The summed E-state index contributed by atoms with van der Waals surface area (Å²) >= 11 is 12.1. The summed E-state index contributed by atoms with van der Waals surface area (Å²) in [5.41, 5.74) is 0.961. The van der Waals surface area contributed by atoms with Gasteiger partial charge < -0.3 is 19.8 Å². The number of rotatable bonds is 5. The third-order valence-corrected chi connectivity index (χ3v) is 6.31. The lowest BCUT2D eigenvalue weighted by molar-refractivity contribution is -0.192. The van der Waals surface area contributed by atoms with E-state index >= 15 is 0 Å². The van der Waals surface area contributed by atoms with Gasteiger partial charge in [0.25, 0.3) is 0 Å². The van der Waals surface area contributed by atoms with E-state index in [0.717, 1.165) is 38.3 Å². The Hall–Kier alpha value is -1.71. The van der Waals surface area contributed by atoms with Gasteiger partial charge in [0.05, 0.1) is 10.0 Å². The zero-order valence-corrected chi connectivity index (χ0v) is 19.4. The van der Waals surface area contributed by atoms with Gasteiger partial charge in [-0.2, -0.15) is 13.2 Å². The normalized spacial score (nSPS) is 20.1. The van der Waals surface area contributed by atoms with Crippen LogP contribution in [-0.4, -0.2) is 78.3 Å². The summed E-state index contributed by atoms with van der Waals surface area (Å²) in [6.45, 7) is 7.97. The summed E-state index contributed by atoms with van der Waals surface area (Å²) in [6.07, 6.45) is -0.0228. The number of piperidine rings is 1. The molecule has 1 aromatic rings. The molecule has 2 saturated heterocycles. The van der Waals surface area contributed by atoms with E-state index in [4.69, 9.17) is 33.1 Å². The third-order valence-electron chi connectivity index (χ3n) is 5.58. The highest BCUT2D eigenvalue weighted by atomic mass is 35.5. The van der Waals surface area contributed by atoms with Gasteiger partial charge in [-0.05, 0) is 64.0 Å². The SMILES string of the molecule is CC1C(=O)N(CCCN2CCCCC2)CCN1c1ccc(Cl)c(Cl)c1.O=C(O)C(F)(F)F. The molecule has 1 N–H and O–H groups in total. The Morgan fingerprint density at radius 1 is 1.06 bits per heavy atom. The largest absolute Gasteiger partial charge is 0.490 e. The van der Waals surface area contributed by atoms with Crippen LogP contribution in [0.25, 0.3) is 0 Å². The van der Waals surface area contributed by atoms with Crippen LogP contribution in [0.2, 0.25) is 10.0 Å². The van der Waals surface area contributed by atoms with E-state index in [1.807, 2.05) is 24.0 Å². The molecule has 180 valence electrons. The second-order valence-corrected chi connectivity index (χ2v) is 8.67. The van der Waals surface area contributed by atoms with Crippen molar-refractivity contribution >= 4 is 40.8 Å². The van der Waals surface area contributed by atoms with Gasteiger partial charge >= 0.3 is 12.1 Å². The van der Waals surface area contributed by atoms with Crippen LogP contribution in [0.4, 0.5) is 18.9 Å². The number of carbonyl (C=O) groups is 2. The number of likely N-dealkylation sites (tertiary alicyclic amines) is 1. The van der Waals surface area contributed by atoms with E-state index < -0.39 is 12.1 Å². The molecular formula is C21H28Cl2F3N3O3. The summed E-state index contributed by atoms with van der Waals surface area (Å²) in [7, 11) is 0. The highest BCUT2D eigenvalue weighted by Gasteiger charge is 2.38. The average Bonchev–Trinajstić information content (AvgIpc) is 2.74. The van der Waals surface area contributed by atoms with Crippen molar-refractivity contribution < 1.29 is 27.9 Å². The van der Waals surface area contributed by atoms with Gasteiger partial charge in [0.2, 0.25) is 5.91 Å². The molecule has 1 aromatic carbocycles. The van der Waals surface area contributed by atoms with E-state index in [0.29, 0.717) is 10.0 Å². The summed E-state index contributed by atoms with van der Waals surface area (Å²) in [5.74, 6) is -2.55. The number of amides is 1. The monoisotopic (exact) mass is 497 g/mol. The Labute approximate surface area is 195 Å². The lowest BCUT2D eigenvalue weighted by Gasteiger charge is -2.41. The third kappa shape index (κ3) is 7.71. The van der Waals surface area contributed by atoms with Gasteiger partial charge in [0.15, 0.2) is 0 Å². The van der Waals surface area contributed by atoms with Crippen LogP contribution in [0.5, 0.6) is 0 Å². The Balaban J connectivity index is 0.000000451. The second kappa shape index (κ2) is 12.0. The Kier molecular flexibility index (Phi) is 9.91. The fourth-order valence-electron chi connectivity index (χ4n) is 3.84. The maximum absolute atomic E-state index is 12.8. The molecule has 1 unspecified atom stereocenters. The molecule has 0 bridgehead atoms. The van der Waals surface area contributed by atoms with Crippen LogP contribution in [0.15, 0.2) is 18.2 Å². The van der Waals surface area contributed by atoms with E-state index in [1.165, 1.54) is 32.4 Å². The molecule has 3 rings (SSSR count). The smallest absolute Gasteiger partial charge is 0.475 e. The molecule has 2 aliphatic rings. The minimum atomic E-state index is -5.08. The number of carboxylic acids is 1. The second-order valence-electron chi connectivity index (χ2n) is 7.85. The molecule has 2 heterocycles. The number of nitrogens with zero attached hydrogens (tertiary/aromatic N) is 3. The Morgan fingerprint density at radius 2 is 1.69 bits per heavy atom. The van der Waals surface area contributed by atoms with Crippen molar-refractivity contribution in [3.05, 3.63) is 28.2 Å². The first-order valence-corrected chi connectivity index (χ1v) is 11.3. The number of aliphatic carboxylic acids is 1. The maximum Gasteiger partial charge on any atom is 0.490 e. The standard InChI is InChI=1S/C19H27Cl2N3O.C2HF3O2/c1-15-19(25)23(11-5-10-22-8-3-2-4-9-22)12-13-24(15)16-6-7-17(20)18(21)14-16;3-2(4,5)1(6)7/h6-7,14-15H,2-5,8-13H2,1H3;(H,6,7). The zero-order valence-electron chi connectivity index (χ0n) is 17.9. The minimum Gasteiger partial charge on any atom is -0.475 e. The predicted molar refractivity (Wildman–Crippen MR) is 118 cm³/mol. The lowest BCUT2D eigenvalue weighted by Crippen LogP contribution is -2.56. The van der Waals surface area contributed by atoms with Crippen LogP contribution in [0.3, 0.4) is 0 Å². The first-order valence-electron chi connectivity index (χ1n) is 10.5. The van der Waals surface area contributed by atoms with Crippen LogP contribution in [-0.2, 0) is 9.59 Å². The van der Waals surface area contributed by atoms with Crippen molar-refractivity contribution in [1.82, 2.24) is 9.80 Å². The van der Waals surface area contributed by atoms with Crippen molar-refractivity contribution in [1.29, 1.82) is 0 Å². The Morgan fingerprint density at radius 3 is 2.25 bits per heavy atom. The molecule has 2 aliphatic heterocycles. The molecule has 1 atom stereocenters. The van der Waals surface area contributed by atoms with E-state index in [1.54, 1.807) is 6.07 Å². The average molecular weight is 498 g/mol. The number of hydrogen-bond donors (Lipinski definition) is 1. The summed E-state index contributed by atoms with van der Waals surface area (Å²) in [6, 6.07) is 5.41. The molecule has 0 radical (unpaired) electrons. The summed E-state index contributed by atoms with van der Waals surface area (Å²) in [4.78, 5) is 28.3. The molecule has 0 spiro atoms. The molecule has 6 nitrogen and oxygen atoms in total. The number of halogens is 5. The topological polar surface area (TPSA) is 64.1 Å². The van der Waals surface area contributed by atoms with Crippen LogP contribution in [0.1, 0.15) is 32.6 Å². The van der Waals surface area contributed by atoms with Crippen molar-refractivity contribution in [2.75, 3.05) is 44.2 Å².